The second-order valence-corrected chi connectivity index (χ2v) is 6.53. The first-order valence-electron chi connectivity index (χ1n) is 5.80. The summed E-state index contributed by atoms with van der Waals surface area (Å²) in [6, 6.07) is 6.75. The molecule has 0 spiro atoms. The van der Waals surface area contributed by atoms with Crippen LogP contribution in [0.25, 0.3) is 0 Å². The fraction of sp³-hybridized carbons (Fsp3) is 0.462. The summed E-state index contributed by atoms with van der Waals surface area (Å²) < 4.78 is 1.08. The molecule has 0 amide bonds. The van der Waals surface area contributed by atoms with Crippen LogP contribution in [0.1, 0.15) is 19.4 Å². The number of nitrogens with one attached hydrogen (secondary N) is 1. The Balaban J connectivity index is 2.11. The summed E-state index contributed by atoms with van der Waals surface area (Å²) in [5.41, 5.74) is 2.35. The number of nitrogens with zero attached hydrogens (tertiary/aromatic N) is 1. The molecule has 2 rings (SSSR count). The van der Waals surface area contributed by atoms with Gasteiger partial charge < -0.3 is 5.32 Å². The quantitative estimate of drug-likeness (QED) is 0.880. The molecule has 0 bridgehead atoms. The van der Waals surface area contributed by atoms with Crippen molar-refractivity contribution in [2.24, 2.45) is 10.9 Å². The Kier molecular flexibility index (Phi) is 4.15. The van der Waals surface area contributed by atoms with Gasteiger partial charge >= 0.3 is 0 Å². The van der Waals surface area contributed by atoms with Crippen molar-refractivity contribution in [3.63, 3.8) is 0 Å². The predicted molar refractivity (Wildman–Crippen MR) is 81.0 cm³/mol. The Morgan fingerprint density at radius 3 is 2.88 bits per heavy atom. The summed E-state index contributed by atoms with van der Waals surface area (Å²) in [4.78, 5) is 4.70. The van der Waals surface area contributed by atoms with E-state index < -0.39 is 0 Å². The van der Waals surface area contributed by atoms with Crippen LogP contribution in [0.4, 0.5) is 5.69 Å². The number of hydrogen-bond donors (Lipinski definition) is 1. The highest BCUT2D eigenvalue weighted by Gasteiger charge is 2.21. The van der Waals surface area contributed by atoms with Crippen molar-refractivity contribution in [2.75, 3.05) is 11.1 Å². The lowest BCUT2D eigenvalue weighted by molar-refractivity contribution is 0.543. The second-order valence-electron chi connectivity index (χ2n) is 4.66. The first-order chi connectivity index (χ1) is 8.06. The number of hydrogen-bond acceptors (Lipinski definition) is 3. The molecular weight excluding hydrogens is 296 g/mol. The van der Waals surface area contributed by atoms with Crippen molar-refractivity contribution in [3.8, 4) is 0 Å². The Morgan fingerprint density at radius 1 is 1.47 bits per heavy atom. The molecule has 0 aliphatic carbocycles. The minimum atomic E-state index is 0.450. The van der Waals surface area contributed by atoms with E-state index in [1.54, 1.807) is 11.8 Å². The van der Waals surface area contributed by atoms with Crippen LogP contribution < -0.4 is 5.32 Å². The summed E-state index contributed by atoms with van der Waals surface area (Å²) in [6.45, 7) is 6.54. The zero-order valence-electron chi connectivity index (χ0n) is 10.3. The van der Waals surface area contributed by atoms with Gasteiger partial charge in [0.15, 0.2) is 5.17 Å². The second kappa shape index (κ2) is 5.44. The number of aliphatic imine (C=N–C) groups is 1. The maximum absolute atomic E-state index is 4.70. The van der Waals surface area contributed by atoms with Crippen molar-refractivity contribution in [1.29, 1.82) is 0 Å². The van der Waals surface area contributed by atoms with E-state index >= 15 is 0 Å². The number of thioether (sulfide) groups is 1. The highest BCUT2D eigenvalue weighted by Crippen LogP contribution is 2.28. The molecule has 0 saturated carbocycles. The monoisotopic (exact) mass is 312 g/mol. The van der Waals surface area contributed by atoms with Crippen LogP contribution in [0.15, 0.2) is 27.7 Å². The normalized spacial score (nSPS) is 19.6. The molecule has 1 atom stereocenters. The fourth-order valence-corrected chi connectivity index (χ4v) is 3.18. The van der Waals surface area contributed by atoms with Crippen molar-refractivity contribution in [1.82, 2.24) is 0 Å². The number of benzene rings is 1. The molecule has 0 saturated heterocycles. The molecule has 1 N–H and O–H groups in total. The van der Waals surface area contributed by atoms with Crippen LogP contribution in [-0.2, 0) is 0 Å². The minimum absolute atomic E-state index is 0.450. The van der Waals surface area contributed by atoms with Gasteiger partial charge in [-0.1, -0.05) is 31.7 Å². The molecule has 1 heterocycles. The van der Waals surface area contributed by atoms with Crippen LogP contribution in [0.5, 0.6) is 0 Å². The lowest BCUT2D eigenvalue weighted by Crippen LogP contribution is -2.12. The van der Waals surface area contributed by atoms with Gasteiger partial charge in [0.05, 0.1) is 11.7 Å². The fourth-order valence-electron chi connectivity index (χ4n) is 1.65. The highest BCUT2D eigenvalue weighted by molar-refractivity contribution is 9.10. The molecular formula is C13H17BrN2S. The van der Waals surface area contributed by atoms with E-state index in [2.05, 4.69) is 60.2 Å². The van der Waals surface area contributed by atoms with Gasteiger partial charge in [-0.05, 0) is 46.5 Å². The summed E-state index contributed by atoms with van der Waals surface area (Å²) in [7, 11) is 0. The van der Waals surface area contributed by atoms with E-state index in [1.165, 1.54) is 5.56 Å². The van der Waals surface area contributed by atoms with Crippen molar-refractivity contribution < 1.29 is 0 Å². The number of rotatable bonds is 2. The Bertz CT molecular complexity index is 443. The van der Waals surface area contributed by atoms with Gasteiger partial charge in [0.2, 0.25) is 0 Å². The lowest BCUT2D eigenvalue weighted by atomic mass is 10.1. The average molecular weight is 313 g/mol. The van der Waals surface area contributed by atoms with Gasteiger partial charge in [0, 0.05) is 10.2 Å². The van der Waals surface area contributed by atoms with Crippen LogP contribution >= 0.6 is 27.7 Å². The van der Waals surface area contributed by atoms with Crippen molar-refractivity contribution in [3.05, 3.63) is 28.2 Å². The van der Waals surface area contributed by atoms with E-state index in [0.29, 0.717) is 12.0 Å². The number of halogens is 1. The molecule has 0 radical (unpaired) electrons. The zero-order chi connectivity index (χ0) is 12.4. The van der Waals surface area contributed by atoms with Gasteiger partial charge in [-0.3, -0.25) is 4.99 Å². The summed E-state index contributed by atoms with van der Waals surface area (Å²) in [5.74, 6) is 1.70. The molecule has 0 fully saturated rings. The number of anilines is 1. The Morgan fingerprint density at radius 2 is 2.24 bits per heavy atom. The van der Waals surface area contributed by atoms with E-state index in [9.17, 15) is 0 Å². The largest absolute Gasteiger partial charge is 0.334 e. The van der Waals surface area contributed by atoms with Crippen LogP contribution in [-0.4, -0.2) is 17.0 Å². The lowest BCUT2D eigenvalue weighted by Gasteiger charge is -2.09. The average Bonchev–Trinajstić information content (AvgIpc) is 2.72. The van der Waals surface area contributed by atoms with E-state index in [1.807, 2.05) is 0 Å². The number of aryl methyl sites for hydroxylation is 1. The van der Waals surface area contributed by atoms with Crippen molar-refractivity contribution in [2.45, 2.75) is 26.8 Å². The third-order valence-corrected chi connectivity index (χ3v) is 4.49. The van der Waals surface area contributed by atoms with Crippen LogP contribution in [0.3, 0.4) is 0 Å². The topological polar surface area (TPSA) is 24.4 Å². The highest BCUT2D eigenvalue weighted by atomic mass is 79.9. The maximum Gasteiger partial charge on any atom is 0.161 e. The molecule has 1 aliphatic heterocycles. The summed E-state index contributed by atoms with van der Waals surface area (Å²) in [6.07, 6.45) is 0. The van der Waals surface area contributed by atoms with Crippen LogP contribution in [0, 0.1) is 12.8 Å². The van der Waals surface area contributed by atoms with Crippen LogP contribution in [0.2, 0.25) is 0 Å². The van der Waals surface area contributed by atoms with E-state index in [0.717, 1.165) is 21.1 Å². The molecule has 17 heavy (non-hydrogen) atoms. The smallest absolute Gasteiger partial charge is 0.161 e. The SMILES string of the molecule is Cc1ccc(Br)c(NC2=NC(C(C)C)CS2)c1. The molecule has 0 aromatic heterocycles. The molecule has 1 aromatic rings. The molecule has 1 aliphatic rings. The summed E-state index contributed by atoms with van der Waals surface area (Å²) in [5, 5.41) is 4.44. The Labute approximate surface area is 115 Å². The van der Waals surface area contributed by atoms with E-state index in [4.69, 9.17) is 4.99 Å². The maximum atomic E-state index is 4.70. The molecule has 2 nitrogen and oxygen atoms in total. The zero-order valence-corrected chi connectivity index (χ0v) is 12.7. The third-order valence-electron chi connectivity index (χ3n) is 2.81. The number of amidine groups is 1. The predicted octanol–water partition coefficient (Wildman–Crippen LogP) is 4.30. The Hall–Kier alpha value is -0.480. The van der Waals surface area contributed by atoms with Gasteiger partial charge in [0.25, 0.3) is 0 Å². The third kappa shape index (κ3) is 3.26. The molecule has 1 unspecified atom stereocenters. The molecule has 1 aromatic carbocycles. The molecule has 4 heteroatoms. The summed E-state index contributed by atoms with van der Waals surface area (Å²) >= 11 is 5.36. The van der Waals surface area contributed by atoms with Gasteiger partial charge in [0.1, 0.15) is 0 Å². The van der Waals surface area contributed by atoms with Gasteiger partial charge in [-0.25, -0.2) is 0 Å². The van der Waals surface area contributed by atoms with Gasteiger partial charge in [-0.2, -0.15) is 0 Å². The first-order valence-corrected chi connectivity index (χ1v) is 7.58. The van der Waals surface area contributed by atoms with Crippen molar-refractivity contribution >= 4 is 38.5 Å². The molecule has 92 valence electrons. The van der Waals surface area contributed by atoms with E-state index in [-0.39, 0.29) is 0 Å². The first kappa shape index (κ1) is 13.0. The standard InChI is InChI=1S/C13H17BrN2S/c1-8(2)12-7-17-13(16-12)15-11-6-9(3)4-5-10(11)14/h4-6,8,12H,7H2,1-3H3,(H,15,16). The van der Waals surface area contributed by atoms with Gasteiger partial charge in [-0.15, -0.1) is 0 Å². The minimum Gasteiger partial charge on any atom is -0.334 e.